The maximum Gasteiger partial charge on any atom is 0.0963 e. The van der Waals surface area contributed by atoms with Crippen LogP contribution in [-0.2, 0) is 6.54 Å². The average molecular weight is 196 g/mol. The Morgan fingerprint density at radius 2 is 2.00 bits per heavy atom. The Labute approximate surface area is 88.2 Å². The molecule has 1 aromatic heterocycles. The minimum absolute atomic E-state index is 0.967. The van der Waals surface area contributed by atoms with E-state index >= 15 is 0 Å². The zero-order valence-electron chi connectivity index (χ0n) is 8.64. The van der Waals surface area contributed by atoms with E-state index in [2.05, 4.69) is 52.9 Å². The number of nitrogens with zero attached hydrogens (tertiary/aromatic N) is 2. The Morgan fingerprint density at radius 3 is 2.87 bits per heavy atom. The van der Waals surface area contributed by atoms with Gasteiger partial charge in [0.15, 0.2) is 0 Å². The number of aromatic nitrogens is 2. The van der Waals surface area contributed by atoms with Crippen molar-refractivity contribution in [1.82, 2.24) is 9.55 Å². The monoisotopic (exact) mass is 196 g/mol. The van der Waals surface area contributed by atoms with Gasteiger partial charge in [-0.3, -0.25) is 0 Å². The van der Waals surface area contributed by atoms with Crippen molar-refractivity contribution in [2.24, 2.45) is 0 Å². The van der Waals surface area contributed by atoms with E-state index in [1.807, 2.05) is 6.33 Å². The fraction of sp³-hybridized carbons (Fsp3) is 0.154. The molecule has 0 atom stereocenters. The standard InChI is InChI=1S/C13H12N2/c1-2-15-9-14-13-11-6-4-3-5-10(11)7-8-12(13)15/h3-9H,2H2,1H3. The summed E-state index contributed by atoms with van der Waals surface area (Å²) in [5.41, 5.74) is 2.33. The number of aryl methyl sites for hydroxylation is 1. The quantitative estimate of drug-likeness (QED) is 0.584. The highest BCUT2D eigenvalue weighted by molar-refractivity contribution is 6.04. The van der Waals surface area contributed by atoms with Crippen LogP contribution in [0.5, 0.6) is 0 Å². The maximum absolute atomic E-state index is 4.48. The molecule has 0 saturated heterocycles. The maximum atomic E-state index is 4.48. The largest absolute Gasteiger partial charge is 0.331 e. The fourth-order valence-corrected chi connectivity index (χ4v) is 2.05. The number of fused-ring (bicyclic) bond motifs is 3. The van der Waals surface area contributed by atoms with Gasteiger partial charge in [0, 0.05) is 11.9 Å². The molecule has 0 radical (unpaired) electrons. The van der Waals surface area contributed by atoms with E-state index in [0.717, 1.165) is 12.1 Å². The summed E-state index contributed by atoms with van der Waals surface area (Å²) in [6.07, 6.45) is 1.91. The summed E-state index contributed by atoms with van der Waals surface area (Å²) in [6, 6.07) is 12.7. The van der Waals surface area contributed by atoms with Gasteiger partial charge in [0.05, 0.1) is 17.4 Å². The molecule has 15 heavy (non-hydrogen) atoms. The van der Waals surface area contributed by atoms with Crippen LogP contribution in [0.1, 0.15) is 6.92 Å². The summed E-state index contributed by atoms with van der Waals surface area (Å²) in [4.78, 5) is 4.48. The molecular weight excluding hydrogens is 184 g/mol. The van der Waals surface area contributed by atoms with Crippen LogP contribution in [0.3, 0.4) is 0 Å². The first kappa shape index (κ1) is 8.48. The molecule has 0 amide bonds. The van der Waals surface area contributed by atoms with Gasteiger partial charge < -0.3 is 4.57 Å². The van der Waals surface area contributed by atoms with E-state index in [0.29, 0.717) is 0 Å². The lowest BCUT2D eigenvalue weighted by molar-refractivity contribution is 0.787. The second-order valence-corrected chi connectivity index (χ2v) is 3.69. The molecule has 0 aliphatic carbocycles. The van der Waals surface area contributed by atoms with Crippen LogP contribution in [0.2, 0.25) is 0 Å². The third-order valence-corrected chi connectivity index (χ3v) is 2.86. The summed E-state index contributed by atoms with van der Waals surface area (Å²) in [6.45, 7) is 3.10. The van der Waals surface area contributed by atoms with Crippen molar-refractivity contribution in [1.29, 1.82) is 0 Å². The minimum Gasteiger partial charge on any atom is -0.331 e. The first-order chi connectivity index (χ1) is 7.40. The van der Waals surface area contributed by atoms with E-state index < -0.39 is 0 Å². The van der Waals surface area contributed by atoms with E-state index in [1.54, 1.807) is 0 Å². The minimum atomic E-state index is 0.967. The normalized spacial score (nSPS) is 11.3. The van der Waals surface area contributed by atoms with Gasteiger partial charge >= 0.3 is 0 Å². The van der Waals surface area contributed by atoms with Crippen molar-refractivity contribution >= 4 is 21.8 Å². The molecule has 2 aromatic carbocycles. The zero-order chi connectivity index (χ0) is 10.3. The summed E-state index contributed by atoms with van der Waals surface area (Å²) in [5.74, 6) is 0. The van der Waals surface area contributed by atoms with Crippen LogP contribution < -0.4 is 0 Å². The molecule has 2 nitrogen and oxygen atoms in total. The van der Waals surface area contributed by atoms with Crippen LogP contribution in [-0.4, -0.2) is 9.55 Å². The Morgan fingerprint density at radius 1 is 1.13 bits per heavy atom. The molecule has 3 aromatic rings. The number of hydrogen-bond donors (Lipinski definition) is 0. The molecule has 1 heterocycles. The Kier molecular flexibility index (Phi) is 1.75. The molecule has 0 aliphatic heterocycles. The summed E-state index contributed by atoms with van der Waals surface area (Å²) in [7, 11) is 0. The van der Waals surface area contributed by atoms with Crippen LogP contribution >= 0.6 is 0 Å². The first-order valence-corrected chi connectivity index (χ1v) is 5.22. The van der Waals surface area contributed by atoms with E-state index in [4.69, 9.17) is 0 Å². The van der Waals surface area contributed by atoms with E-state index in [-0.39, 0.29) is 0 Å². The van der Waals surface area contributed by atoms with Crippen LogP contribution in [0, 0.1) is 0 Å². The molecule has 0 spiro atoms. The molecule has 0 saturated carbocycles. The van der Waals surface area contributed by atoms with Gasteiger partial charge in [-0.2, -0.15) is 0 Å². The Bertz CT molecular complexity index is 623. The fourth-order valence-electron chi connectivity index (χ4n) is 2.05. The van der Waals surface area contributed by atoms with Crippen molar-refractivity contribution in [3.8, 4) is 0 Å². The average Bonchev–Trinajstić information content (AvgIpc) is 2.72. The van der Waals surface area contributed by atoms with Crippen molar-refractivity contribution < 1.29 is 0 Å². The Hall–Kier alpha value is -1.83. The number of rotatable bonds is 1. The predicted octanol–water partition coefficient (Wildman–Crippen LogP) is 3.21. The van der Waals surface area contributed by atoms with Gasteiger partial charge in [0.1, 0.15) is 0 Å². The first-order valence-electron chi connectivity index (χ1n) is 5.22. The predicted molar refractivity (Wildman–Crippen MR) is 62.9 cm³/mol. The molecular formula is C13H12N2. The third kappa shape index (κ3) is 1.14. The van der Waals surface area contributed by atoms with Gasteiger partial charge in [-0.15, -0.1) is 0 Å². The SMILES string of the molecule is CCn1cnc2c3ccccc3ccc21. The lowest BCUT2D eigenvalue weighted by atomic mass is 10.1. The summed E-state index contributed by atoms with van der Waals surface area (Å²) in [5, 5.41) is 2.49. The second-order valence-electron chi connectivity index (χ2n) is 3.69. The van der Waals surface area contributed by atoms with E-state index in [9.17, 15) is 0 Å². The van der Waals surface area contributed by atoms with Crippen molar-refractivity contribution in [2.75, 3.05) is 0 Å². The number of benzene rings is 2. The zero-order valence-corrected chi connectivity index (χ0v) is 8.64. The smallest absolute Gasteiger partial charge is 0.0963 e. The molecule has 0 aliphatic rings. The number of hydrogen-bond acceptors (Lipinski definition) is 1. The van der Waals surface area contributed by atoms with Crippen molar-refractivity contribution in [3.05, 3.63) is 42.7 Å². The van der Waals surface area contributed by atoms with E-state index in [1.165, 1.54) is 16.3 Å². The van der Waals surface area contributed by atoms with Crippen molar-refractivity contribution in [3.63, 3.8) is 0 Å². The van der Waals surface area contributed by atoms with Gasteiger partial charge in [-0.1, -0.05) is 30.3 Å². The lowest BCUT2D eigenvalue weighted by Crippen LogP contribution is -1.90. The Balaban J connectivity index is 2.50. The highest BCUT2D eigenvalue weighted by atomic mass is 15.0. The molecule has 0 bridgehead atoms. The molecule has 0 fully saturated rings. The van der Waals surface area contributed by atoms with Gasteiger partial charge in [0.25, 0.3) is 0 Å². The van der Waals surface area contributed by atoms with Crippen LogP contribution in [0.25, 0.3) is 21.8 Å². The third-order valence-electron chi connectivity index (χ3n) is 2.86. The number of imidazole rings is 1. The highest BCUT2D eigenvalue weighted by Gasteiger charge is 2.04. The van der Waals surface area contributed by atoms with Crippen LogP contribution in [0.4, 0.5) is 0 Å². The summed E-state index contributed by atoms with van der Waals surface area (Å²) >= 11 is 0. The topological polar surface area (TPSA) is 17.8 Å². The molecule has 3 rings (SSSR count). The summed E-state index contributed by atoms with van der Waals surface area (Å²) < 4.78 is 2.17. The molecule has 0 N–H and O–H groups in total. The molecule has 0 unspecified atom stereocenters. The van der Waals surface area contributed by atoms with Crippen LogP contribution in [0.15, 0.2) is 42.7 Å². The van der Waals surface area contributed by atoms with Gasteiger partial charge in [-0.05, 0) is 18.4 Å². The van der Waals surface area contributed by atoms with Gasteiger partial charge in [-0.25, -0.2) is 4.98 Å². The lowest BCUT2D eigenvalue weighted by Gasteiger charge is -2.01. The molecule has 74 valence electrons. The highest BCUT2D eigenvalue weighted by Crippen LogP contribution is 2.23. The molecule has 2 heteroatoms. The second kappa shape index (κ2) is 3.09. The van der Waals surface area contributed by atoms with Crippen molar-refractivity contribution in [2.45, 2.75) is 13.5 Å². The van der Waals surface area contributed by atoms with Gasteiger partial charge in [0.2, 0.25) is 0 Å².